The number of carbonyl (C=O) groups is 4. The van der Waals surface area contributed by atoms with E-state index in [0.29, 0.717) is 47.5 Å². The number of methoxy groups -OCH3 is 2. The van der Waals surface area contributed by atoms with Crippen LogP contribution in [0.4, 0.5) is 10.7 Å². The smallest absolute Gasteiger partial charge is 0.337 e. The molecule has 4 aromatic rings. The Kier molecular flexibility index (Phi) is 12.3. The van der Waals surface area contributed by atoms with Crippen LogP contribution < -0.4 is 10.6 Å². The number of carbonyl (C=O) groups excluding carboxylic acids is 4. The standard InChI is InChI=1S/C41H45N3O8S2/c1-44(32-23-19-29(20-24-32)41(48)52-3)54(49,50)33-8-6-7-30(25-33)37(45)43-39-36(34-9-4-5-10-35(34)53-39)38(46)42-31-21-15-27(16-22-31)12-11-26-13-17-28(18-14-26)40(47)51-2/h6-8,13-18,21-22,25,29,32H,4-5,9-12,19-20,23-24H2,1-3H3,(H,42,46)(H,43,45). The fraction of sp³-hybridized carbons (Fsp3) is 0.366. The van der Waals surface area contributed by atoms with Crippen molar-refractivity contribution in [1.82, 2.24) is 4.31 Å². The maximum atomic E-state index is 13.9. The van der Waals surface area contributed by atoms with Gasteiger partial charge in [0.25, 0.3) is 11.8 Å². The normalized spacial score (nSPS) is 17.0. The molecule has 0 bridgehead atoms. The Labute approximate surface area is 320 Å². The lowest BCUT2D eigenvalue weighted by molar-refractivity contribution is -0.146. The van der Waals surface area contributed by atoms with E-state index in [1.165, 1.54) is 49.0 Å². The van der Waals surface area contributed by atoms with Crippen molar-refractivity contribution in [3.63, 3.8) is 0 Å². The minimum absolute atomic E-state index is 0.00361. The zero-order valence-electron chi connectivity index (χ0n) is 30.7. The van der Waals surface area contributed by atoms with Gasteiger partial charge in [0.15, 0.2) is 0 Å². The van der Waals surface area contributed by atoms with Crippen LogP contribution in [0.5, 0.6) is 0 Å². The molecule has 1 aromatic heterocycles. The lowest BCUT2D eigenvalue weighted by Gasteiger charge is -2.33. The molecule has 0 atom stereocenters. The Morgan fingerprint density at radius 1 is 0.778 bits per heavy atom. The van der Waals surface area contributed by atoms with E-state index in [2.05, 4.69) is 10.6 Å². The summed E-state index contributed by atoms with van der Waals surface area (Å²) in [6.45, 7) is 0. The largest absolute Gasteiger partial charge is 0.469 e. The number of hydrogen-bond acceptors (Lipinski definition) is 9. The number of sulfonamides is 1. The number of nitrogens with zero attached hydrogens (tertiary/aromatic N) is 1. The van der Waals surface area contributed by atoms with Crippen molar-refractivity contribution < 1.29 is 37.1 Å². The third-order valence-corrected chi connectivity index (χ3v) is 13.5. The number of thiophene rings is 1. The first-order valence-corrected chi connectivity index (χ1v) is 20.4. The maximum Gasteiger partial charge on any atom is 0.337 e. The third-order valence-electron chi connectivity index (χ3n) is 10.4. The number of benzene rings is 3. The predicted octanol–water partition coefficient (Wildman–Crippen LogP) is 7.06. The van der Waals surface area contributed by atoms with Gasteiger partial charge < -0.3 is 20.1 Å². The molecule has 11 nitrogen and oxygen atoms in total. The number of fused-ring (bicyclic) bond motifs is 1. The van der Waals surface area contributed by atoms with Crippen LogP contribution >= 0.6 is 11.3 Å². The summed E-state index contributed by atoms with van der Waals surface area (Å²) in [5.74, 6) is -1.69. The van der Waals surface area contributed by atoms with Gasteiger partial charge in [0, 0.05) is 29.2 Å². The summed E-state index contributed by atoms with van der Waals surface area (Å²) in [4.78, 5) is 52.3. The number of rotatable bonds is 12. The van der Waals surface area contributed by atoms with Crippen LogP contribution in [-0.2, 0) is 50.0 Å². The van der Waals surface area contributed by atoms with Crippen molar-refractivity contribution in [2.75, 3.05) is 31.9 Å². The first kappa shape index (κ1) is 38.9. The van der Waals surface area contributed by atoms with Crippen LogP contribution in [0.3, 0.4) is 0 Å². The molecule has 2 amide bonds. The van der Waals surface area contributed by atoms with Gasteiger partial charge in [-0.2, -0.15) is 4.31 Å². The molecular formula is C41H45N3O8S2. The molecule has 284 valence electrons. The fourth-order valence-corrected chi connectivity index (χ4v) is 9.98. The third kappa shape index (κ3) is 8.75. The van der Waals surface area contributed by atoms with Crippen molar-refractivity contribution in [2.45, 2.75) is 75.1 Å². The summed E-state index contributed by atoms with van der Waals surface area (Å²) >= 11 is 1.39. The average molecular weight is 772 g/mol. The Hall–Kier alpha value is -4.85. The van der Waals surface area contributed by atoms with E-state index in [0.717, 1.165) is 60.1 Å². The van der Waals surface area contributed by atoms with Crippen LogP contribution in [0.1, 0.15) is 91.2 Å². The lowest BCUT2D eigenvalue weighted by atomic mass is 9.86. The molecule has 2 N–H and O–H groups in total. The van der Waals surface area contributed by atoms with E-state index < -0.39 is 15.9 Å². The summed E-state index contributed by atoms with van der Waals surface area (Å²) < 4.78 is 38.3. The van der Waals surface area contributed by atoms with Crippen LogP contribution in [0.2, 0.25) is 0 Å². The number of nitrogens with one attached hydrogen (secondary N) is 2. The molecule has 0 aliphatic heterocycles. The molecule has 1 fully saturated rings. The second kappa shape index (κ2) is 17.1. The zero-order chi connectivity index (χ0) is 38.4. The maximum absolute atomic E-state index is 13.9. The highest BCUT2D eigenvalue weighted by Crippen LogP contribution is 2.39. The molecule has 0 unspecified atom stereocenters. The number of aryl methyl sites for hydroxylation is 3. The van der Waals surface area contributed by atoms with Gasteiger partial charge in [0.1, 0.15) is 5.00 Å². The van der Waals surface area contributed by atoms with Gasteiger partial charge >= 0.3 is 11.9 Å². The summed E-state index contributed by atoms with van der Waals surface area (Å²) in [5.41, 5.74) is 4.85. The van der Waals surface area contributed by atoms with Crippen molar-refractivity contribution in [3.8, 4) is 0 Å². The van der Waals surface area contributed by atoms with Gasteiger partial charge in [-0.1, -0.05) is 30.3 Å². The highest BCUT2D eigenvalue weighted by molar-refractivity contribution is 7.89. The first-order chi connectivity index (χ1) is 26.0. The van der Waals surface area contributed by atoms with E-state index in [9.17, 15) is 27.6 Å². The van der Waals surface area contributed by atoms with Gasteiger partial charge in [-0.3, -0.25) is 14.4 Å². The first-order valence-electron chi connectivity index (χ1n) is 18.2. The van der Waals surface area contributed by atoms with Gasteiger partial charge in [0.2, 0.25) is 10.0 Å². The molecule has 13 heteroatoms. The highest BCUT2D eigenvalue weighted by atomic mass is 32.2. The summed E-state index contributed by atoms with van der Waals surface area (Å²) in [7, 11) is 0.317. The van der Waals surface area contributed by atoms with Gasteiger partial charge in [-0.25, -0.2) is 13.2 Å². The summed E-state index contributed by atoms with van der Waals surface area (Å²) in [5, 5.41) is 6.39. The Morgan fingerprint density at radius 2 is 1.43 bits per heavy atom. The van der Waals surface area contributed by atoms with Crippen LogP contribution in [0.25, 0.3) is 0 Å². The van der Waals surface area contributed by atoms with Gasteiger partial charge in [-0.15, -0.1) is 11.3 Å². The van der Waals surface area contributed by atoms with Crippen LogP contribution in [0.15, 0.2) is 77.7 Å². The number of esters is 2. The molecular weight excluding hydrogens is 727 g/mol. The Morgan fingerprint density at radius 3 is 2.07 bits per heavy atom. The molecule has 0 radical (unpaired) electrons. The van der Waals surface area contributed by atoms with E-state index >= 15 is 0 Å². The van der Waals surface area contributed by atoms with Crippen molar-refractivity contribution in [1.29, 1.82) is 0 Å². The molecule has 2 aliphatic carbocycles. The predicted molar refractivity (Wildman–Crippen MR) is 208 cm³/mol. The van der Waals surface area contributed by atoms with Gasteiger partial charge in [-0.05, 0) is 123 Å². The summed E-state index contributed by atoms with van der Waals surface area (Å²) in [6, 6.07) is 20.7. The van der Waals surface area contributed by atoms with E-state index in [4.69, 9.17) is 9.47 Å². The number of amides is 2. The number of anilines is 2. The van der Waals surface area contributed by atoms with Crippen LogP contribution in [0, 0.1) is 5.92 Å². The van der Waals surface area contributed by atoms with E-state index in [1.807, 2.05) is 36.4 Å². The van der Waals surface area contributed by atoms with Crippen molar-refractivity contribution in [2.24, 2.45) is 5.92 Å². The van der Waals surface area contributed by atoms with Crippen molar-refractivity contribution in [3.05, 3.63) is 111 Å². The molecule has 2 aliphatic rings. The van der Waals surface area contributed by atoms with Gasteiger partial charge in [0.05, 0.1) is 36.2 Å². The quantitative estimate of drug-likeness (QED) is 0.146. The minimum Gasteiger partial charge on any atom is -0.469 e. The molecule has 6 rings (SSSR count). The minimum atomic E-state index is -3.94. The molecule has 54 heavy (non-hydrogen) atoms. The van der Waals surface area contributed by atoms with Crippen molar-refractivity contribution >= 4 is 55.8 Å². The Bertz CT molecular complexity index is 2120. The second-order valence-corrected chi connectivity index (χ2v) is 16.9. The zero-order valence-corrected chi connectivity index (χ0v) is 32.3. The monoisotopic (exact) mass is 771 g/mol. The number of hydrogen-bond donors (Lipinski definition) is 2. The van der Waals surface area contributed by atoms with E-state index in [1.54, 1.807) is 24.3 Å². The molecule has 1 heterocycles. The average Bonchev–Trinajstić information content (AvgIpc) is 3.57. The SMILES string of the molecule is COC(=O)c1ccc(CCc2ccc(NC(=O)c3c(NC(=O)c4cccc(S(=O)(=O)N(C)C5CCC(C(=O)OC)CC5)c4)sc4c3CCCC4)cc2)cc1. The molecule has 0 saturated heterocycles. The molecule has 0 spiro atoms. The van der Waals surface area contributed by atoms with E-state index in [-0.39, 0.29) is 40.3 Å². The summed E-state index contributed by atoms with van der Waals surface area (Å²) in [6.07, 6.45) is 7.19. The fourth-order valence-electron chi connectivity index (χ4n) is 7.23. The topological polar surface area (TPSA) is 148 Å². The molecule has 3 aromatic carbocycles. The lowest BCUT2D eigenvalue weighted by Crippen LogP contribution is -2.40. The highest BCUT2D eigenvalue weighted by Gasteiger charge is 2.34. The second-order valence-electron chi connectivity index (χ2n) is 13.8. The van der Waals surface area contributed by atoms with Crippen LogP contribution in [-0.4, -0.2) is 63.8 Å². The number of ether oxygens (including phenoxy) is 2. The Balaban J connectivity index is 1.12. The molecule has 1 saturated carbocycles.